The van der Waals surface area contributed by atoms with Crippen molar-refractivity contribution in [3.05, 3.63) is 34.9 Å². The Morgan fingerprint density at radius 1 is 1.42 bits per heavy atom. The standard InChI is InChI=1S/C14H20ClNO3/c1-4-9(2)16-14(18)19-10(3)13(17)11-7-5-6-8-12(11)15/h5-10,13,17H,4H2,1-3H3,(H,16,18). The van der Waals surface area contributed by atoms with Gasteiger partial charge in [-0.2, -0.15) is 0 Å². The van der Waals surface area contributed by atoms with E-state index >= 15 is 0 Å². The first kappa shape index (κ1) is 15.8. The highest BCUT2D eigenvalue weighted by atomic mass is 35.5. The Bertz CT molecular complexity index is 425. The lowest BCUT2D eigenvalue weighted by Crippen LogP contribution is -2.36. The topological polar surface area (TPSA) is 58.6 Å². The lowest BCUT2D eigenvalue weighted by atomic mass is 10.1. The summed E-state index contributed by atoms with van der Waals surface area (Å²) >= 11 is 5.99. The first-order chi connectivity index (χ1) is 8.95. The van der Waals surface area contributed by atoms with Gasteiger partial charge in [0, 0.05) is 16.6 Å². The number of nitrogens with one attached hydrogen (secondary N) is 1. The molecule has 2 N–H and O–H groups in total. The number of alkyl carbamates (subject to hydrolysis) is 1. The van der Waals surface area contributed by atoms with Gasteiger partial charge in [0.15, 0.2) is 0 Å². The van der Waals surface area contributed by atoms with Crippen LogP contribution >= 0.6 is 11.6 Å². The maximum atomic E-state index is 11.6. The summed E-state index contributed by atoms with van der Waals surface area (Å²) < 4.78 is 5.14. The molecule has 3 atom stereocenters. The number of aliphatic hydroxyl groups is 1. The second-order valence-electron chi connectivity index (χ2n) is 4.53. The number of hydrogen-bond acceptors (Lipinski definition) is 3. The molecule has 1 amide bonds. The molecule has 0 bridgehead atoms. The van der Waals surface area contributed by atoms with Crippen LogP contribution in [-0.4, -0.2) is 23.3 Å². The molecule has 5 heteroatoms. The van der Waals surface area contributed by atoms with Crippen LogP contribution in [-0.2, 0) is 4.74 Å². The molecule has 1 aromatic rings. The van der Waals surface area contributed by atoms with Gasteiger partial charge in [0.25, 0.3) is 0 Å². The van der Waals surface area contributed by atoms with Crippen LogP contribution in [0, 0.1) is 0 Å². The summed E-state index contributed by atoms with van der Waals surface area (Å²) in [5.74, 6) is 0. The van der Waals surface area contributed by atoms with Crippen LogP contribution in [0.3, 0.4) is 0 Å². The highest BCUT2D eigenvalue weighted by Crippen LogP contribution is 2.26. The summed E-state index contributed by atoms with van der Waals surface area (Å²) in [6, 6.07) is 6.99. The number of hydrogen-bond donors (Lipinski definition) is 2. The molecule has 0 aliphatic heterocycles. The molecule has 0 aromatic heterocycles. The van der Waals surface area contributed by atoms with Crippen molar-refractivity contribution in [2.24, 2.45) is 0 Å². The van der Waals surface area contributed by atoms with Gasteiger partial charge in [-0.05, 0) is 26.3 Å². The Morgan fingerprint density at radius 2 is 2.05 bits per heavy atom. The molecule has 3 unspecified atom stereocenters. The van der Waals surface area contributed by atoms with Crippen LogP contribution in [0.4, 0.5) is 4.79 Å². The predicted octanol–water partition coefficient (Wildman–Crippen LogP) is 3.29. The first-order valence-corrected chi connectivity index (χ1v) is 6.73. The molecule has 0 saturated carbocycles. The Morgan fingerprint density at radius 3 is 2.63 bits per heavy atom. The first-order valence-electron chi connectivity index (χ1n) is 6.35. The molecule has 0 aliphatic rings. The normalized spacial score (nSPS) is 15.4. The summed E-state index contributed by atoms with van der Waals surface area (Å²) in [6.45, 7) is 5.48. The molecule has 0 saturated heterocycles. The van der Waals surface area contributed by atoms with Crippen molar-refractivity contribution in [1.82, 2.24) is 5.32 Å². The van der Waals surface area contributed by atoms with E-state index in [1.807, 2.05) is 13.8 Å². The zero-order valence-electron chi connectivity index (χ0n) is 11.4. The molecule has 106 valence electrons. The van der Waals surface area contributed by atoms with Crippen molar-refractivity contribution in [3.8, 4) is 0 Å². The van der Waals surface area contributed by atoms with Gasteiger partial charge in [-0.1, -0.05) is 36.7 Å². The molecular formula is C14H20ClNO3. The van der Waals surface area contributed by atoms with Crippen LogP contribution in [0.2, 0.25) is 5.02 Å². The maximum Gasteiger partial charge on any atom is 0.407 e. The Balaban J connectivity index is 2.60. The lowest BCUT2D eigenvalue weighted by molar-refractivity contribution is 0.0110. The average Bonchev–Trinajstić information content (AvgIpc) is 2.38. The minimum Gasteiger partial charge on any atom is -0.443 e. The third kappa shape index (κ3) is 4.73. The van der Waals surface area contributed by atoms with Crippen molar-refractivity contribution in [3.63, 3.8) is 0 Å². The lowest BCUT2D eigenvalue weighted by Gasteiger charge is -2.21. The van der Waals surface area contributed by atoms with E-state index in [1.54, 1.807) is 31.2 Å². The van der Waals surface area contributed by atoms with E-state index in [2.05, 4.69) is 5.32 Å². The number of carbonyl (C=O) groups excluding carboxylic acids is 1. The van der Waals surface area contributed by atoms with Gasteiger partial charge in [-0.15, -0.1) is 0 Å². The Hall–Kier alpha value is -1.26. The van der Waals surface area contributed by atoms with Crippen LogP contribution < -0.4 is 5.32 Å². The maximum absolute atomic E-state index is 11.6. The Labute approximate surface area is 118 Å². The summed E-state index contributed by atoms with van der Waals surface area (Å²) in [4.78, 5) is 11.6. The number of aliphatic hydroxyl groups excluding tert-OH is 1. The van der Waals surface area contributed by atoms with E-state index in [0.717, 1.165) is 6.42 Å². The number of halogens is 1. The van der Waals surface area contributed by atoms with Gasteiger partial charge in [0.2, 0.25) is 0 Å². The van der Waals surface area contributed by atoms with Gasteiger partial charge < -0.3 is 15.2 Å². The number of ether oxygens (including phenoxy) is 1. The molecule has 0 radical (unpaired) electrons. The smallest absolute Gasteiger partial charge is 0.407 e. The molecule has 0 fully saturated rings. The second-order valence-corrected chi connectivity index (χ2v) is 4.94. The summed E-state index contributed by atoms with van der Waals surface area (Å²) in [7, 11) is 0. The number of benzene rings is 1. The zero-order chi connectivity index (χ0) is 14.4. The largest absolute Gasteiger partial charge is 0.443 e. The molecule has 0 aliphatic carbocycles. The molecule has 4 nitrogen and oxygen atoms in total. The molecule has 0 heterocycles. The molecule has 1 rings (SSSR count). The number of carbonyl (C=O) groups is 1. The van der Waals surface area contributed by atoms with Crippen LogP contribution in [0.5, 0.6) is 0 Å². The van der Waals surface area contributed by atoms with Crippen molar-refractivity contribution in [1.29, 1.82) is 0 Å². The van der Waals surface area contributed by atoms with Gasteiger partial charge in [-0.25, -0.2) is 4.79 Å². The van der Waals surface area contributed by atoms with E-state index in [0.29, 0.717) is 10.6 Å². The highest BCUT2D eigenvalue weighted by molar-refractivity contribution is 6.31. The van der Waals surface area contributed by atoms with E-state index in [-0.39, 0.29) is 6.04 Å². The molecular weight excluding hydrogens is 266 g/mol. The van der Waals surface area contributed by atoms with E-state index in [9.17, 15) is 9.90 Å². The summed E-state index contributed by atoms with van der Waals surface area (Å²) in [6.07, 6.45) is -1.34. The number of rotatable bonds is 5. The zero-order valence-corrected chi connectivity index (χ0v) is 12.1. The third-order valence-corrected chi connectivity index (χ3v) is 3.28. The van der Waals surface area contributed by atoms with Crippen molar-refractivity contribution >= 4 is 17.7 Å². The van der Waals surface area contributed by atoms with Crippen LogP contribution in [0.15, 0.2) is 24.3 Å². The van der Waals surface area contributed by atoms with E-state index in [1.165, 1.54) is 0 Å². The van der Waals surface area contributed by atoms with Crippen molar-refractivity contribution in [2.75, 3.05) is 0 Å². The monoisotopic (exact) mass is 285 g/mol. The van der Waals surface area contributed by atoms with Gasteiger partial charge in [0.05, 0.1) is 0 Å². The second kappa shape index (κ2) is 7.36. The van der Waals surface area contributed by atoms with Crippen LogP contribution in [0.1, 0.15) is 38.9 Å². The SMILES string of the molecule is CCC(C)NC(=O)OC(C)C(O)c1ccccc1Cl. The van der Waals surface area contributed by atoms with Crippen molar-refractivity contribution in [2.45, 2.75) is 45.4 Å². The Kier molecular flexibility index (Phi) is 6.12. The third-order valence-electron chi connectivity index (χ3n) is 2.94. The quantitative estimate of drug-likeness (QED) is 0.873. The fourth-order valence-corrected chi connectivity index (χ4v) is 1.79. The summed E-state index contributed by atoms with van der Waals surface area (Å²) in [5, 5.41) is 13.2. The fraction of sp³-hybridized carbons (Fsp3) is 0.500. The van der Waals surface area contributed by atoms with Gasteiger partial charge >= 0.3 is 6.09 Å². The minimum atomic E-state index is -0.948. The number of amides is 1. The van der Waals surface area contributed by atoms with E-state index in [4.69, 9.17) is 16.3 Å². The van der Waals surface area contributed by atoms with Gasteiger partial charge in [-0.3, -0.25) is 0 Å². The molecule has 1 aromatic carbocycles. The van der Waals surface area contributed by atoms with E-state index < -0.39 is 18.3 Å². The minimum absolute atomic E-state index is 0.0390. The van der Waals surface area contributed by atoms with Crippen LogP contribution in [0.25, 0.3) is 0 Å². The average molecular weight is 286 g/mol. The highest BCUT2D eigenvalue weighted by Gasteiger charge is 2.22. The molecule has 0 spiro atoms. The molecule has 19 heavy (non-hydrogen) atoms. The predicted molar refractivity (Wildman–Crippen MR) is 75.2 cm³/mol. The fourth-order valence-electron chi connectivity index (χ4n) is 1.54. The van der Waals surface area contributed by atoms with Crippen molar-refractivity contribution < 1.29 is 14.6 Å². The van der Waals surface area contributed by atoms with Gasteiger partial charge in [0.1, 0.15) is 12.2 Å². The summed E-state index contributed by atoms with van der Waals surface area (Å²) in [5.41, 5.74) is 0.549.